The normalized spacial score (nSPS) is 10.0. The summed E-state index contributed by atoms with van der Waals surface area (Å²) >= 11 is 0. The molecule has 0 aliphatic heterocycles. The van der Waals surface area contributed by atoms with Gasteiger partial charge in [0, 0.05) is 5.69 Å². The number of carbonyl (C=O) groups excluding carboxylic acids is 1. The van der Waals surface area contributed by atoms with Gasteiger partial charge in [-0.1, -0.05) is 24.3 Å². The number of carbonyl (C=O) groups is 1. The van der Waals surface area contributed by atoms with Gasteiger partial charge in [0.25, 0.3) is 0 Å². The highest BCUT2D eigenvalue weighted by Gasteiger charge is 2.10. The van der Waals surface area contributed by atoms with E-state index in [1.165, 1.54) is 12.1 Å². The fourth-order valence-corrected chi connectivity index (χ4v) is 1.61. The van der Waals surface area contributed by atoms with Crippen LogP contribution in [-0.2, 0) is 0 Å². The third kappa shape index (κ3) is 3.01. The molecule has 5 heteroatoms. The van der Waals surface area contributed by atoms with E-state index in [1.807, 2.05) is 19.1 Å². The number of nitrogens with one attached hydrogen (secondary N) is 2. The number of phenols is 1. The molecule has 0 aliphatic rings. The highest BCUT2D eigenvalue weighted by Crippen LogP contribution is 2.26. The van der Waals surface area contributed by atoms with Gasteiger partial charge in [0.05, 0.1) is 5.69 Å². The Labute approximate surface area is 109 Å². The van der Waals surface area contributed by atoms with Crippen molar-refractivity contribution in [3.05, 3.63) is 53.8 Å². The maximum atomic E-state index is 13.1. The van der Waals surface area contributed by atoms with E-state index >= 15 is 0 Å². The second kappa shape index (κ2) is 5.39. The zero-order valence-corrected chi connectivity index (χ0v) is 10.3. The Kier molecular flexibility index (Phi) is 3.66. The molecule has 0 aliphatic carbocycles. The van der Waals surface area contributed by atoms with Gasteiger partial charge in [0.1, 0.15) is 0 Å². The number of urea groups is 1. The van der Waals surface area contributed by atoms with E-state index in [0.717, 1.165) is 11.6 Å². The molecule has 19 heavy (non-hydrogen) atoms. The number of benzene rings is 2. The van der Waals surface area contributed by atoms with E-state index in [-0.39, 0.29) is 5.69 Å². The lowest BCUT2D eigenvalue weighted by atomic mass is 10.2. The van der Waals surface area contributed by atoms with Crippen molar-refractivity contribution in [2.45, 2.75) is 6.92 Å². The Balaban J connectivity index is 2.10. The summed E-state index contributed by atoms with van der Waals surface area (Å²) in [6, 6.07) is 10.6. The first kappa shape index (κ1) is 12.9. The zero-order valence-electron chi connectivity index (χ0n) is 10.3. The van der Waals surface area contributed by atoms with Gasteiger partial charge < -0.3 is 15.7 Å². The largest absolute Gasteiger partial charge is 0.503 e. The Hall–Kier alpha value is -2.56. The molecular formula is C14H13FN2O2. The quantitative estimate of drug-likeness (QED) is 0.724. The van der Waals surface area contributed by atoms with E-state index in [2.05, 4.69) is 10.6 Å². The van der Waals surface area contributed by atoms with Crippen LogP contribution in [-0.4, -0.2) is 11.1 Å². The lowest BCUT2D eigenvalue weighted by Gasteiger charge is -2.10. The molecule has 0 fully saturated rings. The number of amides is 2. The van der Waals surface area contributed by atoms with Crippen LogP contribution in [0, 0.1) is 12.7 Å². The van der Waals surface area contributed by atoms with E-state index in [9.17, 15) is 14.3 Å². The molecule has 0 aromatic heterocycles. The van der Waals surface area contributed by atoms with Crippen molar-refractivity contribution in [3.63, 3.8) is 0 Å². The molecule has 0 radical (unpaired) electrons. The minimum absolute atomic E-state index is 0.0195. The average molecular weight is 260 g/mol. The topological polar surface area (TPSA) is 61.4 Å². The smallest absolute Gasteiger partial charge is 0.323 e. The van der Waals surface area contributed by atoms with Gasteiger partial charge in [-0.2, -0.15) is 0 Å². The fraction of sp³-hybridized carbons (Fsp3) is 0.0714. The summed E-state index contributed by atoms with van der Waals surface area (Å²) in [5, 5.41) is 14.5. The number of aromatic hydroxyl groups is 1. The molecule has 0 unspecified atom stereocenters. The third-order valence-corrected chi connectivity index (χ3v) is 2.63. The minimum Gasteiger partial charge on any atom is -0.503 e. The molecule has 4 nitrogen and oxygen atoms in total. The molecule has 2 aromatic rings. The molecule has 0 saturated carbocycles. The standard InChI is InChI=1S/C14H13FN2O2/c1-9-5-2-3-7-11(9)16-14(19)17-12-8-4-6-10(15)13(12)18/h2-8,18H,1H3,(H2,16,17,19). The molecule has 0 bridgehead atoms. The maximum absolute atomic E-state index is 13.1. The Morgan fingerprint density at radius 2 is 1.68 bits per heavy atom. The fourth-order valence-electron chi connectivity index (χ4n) is 1.61. The summed E-state index contributed by atoms with van der Waals surface area (Å²) in [7, 11) is 0. The van der Waals surface area contributed by atoms with E-state index in [4.69, 9.17) is 0 Å². The molecule has 3 N–H and O–H groups in total. The molecule has 98 valence electrons. The highest BCUT2D eigenvalue weighted by molar-refractivity contribution is 6.01. The second-order valence-corrected chi connectivity index (χ2v) is 4.03. The Morgan fingerprint density at radius 3 is 2.42 bits per heavy atom. The summed E-state index contributed by atoms with van der Waals surface area (Å²) in [4.78, 5) is 11.7. The van der Waals surface area contributed by atoms with Gasteiger partial charge in [-0.15, -0.1) is 0 Å². The van der Waals surface area contributed by atoms with Crippen LogP contribution in [0.5, 0.6) is 5.75 Å². The summed E-state index contributed by atoms with van der Waals surface area (Å²) in [5.74, 6) is -1.36. The van der Waals surface area contributed by atoms with Crippen molar-refractivity contribution in [1.29, 1.82) is 0 Å². The van der Waals surface area contributed by atoms with Crippen LogP contribution in [0.2, 0.25) is 0 Å². The first-order valence-corrected chi connectivity index (χ1v) is 5.69. The molecule has 0 spiro atoms. The van der Waals surface area contributed by atoms with E-state index in [0.29, 0.717) is 5.69 Å². The molecule has 0 saturated heterocycles. The summed E-state index contributed by atoms with van der Waals surface area (Å²) in [6.45, 7) is 1.86. The summed E-state index contributed by atoms with van der Waals surface area (Å²) in [6.07, 6.45) is 0. The Morgan fingerprint density at radius 1 is 1.05 bits per heavy atom. The number of anilines is 2. The van der Waals surface area contributed by atoms with Gasteiger partial charge in [0.15, 0.2) is 11.6 Å². The predicted molar refractivity (Wildman–Crippen MR) is 71.9 cm³/mol. The van der Waals surface area contributed by atoms with Gasteiger partial charge in [-0.25, -0.2) is 9.18 Å². The van der Waals surface area contributed by atoms with Crippen LogP contribution in [0.3, 0.4) is 0 Å². The van der Waals surface area contributed by atoms with E-state index in [1.54, 1.807) is 12.1 Å². The van der Waals surface area contributed by atoms with Crippen LogP contribution < -0.4 is 10.6 Å². The number of hydrogen-bond acceptors (Lipinski definition) is 2. The van der Waals surface area contributed by atoms with Gasteiger partial charge >= 0.3 is 6.03 Å². The predicted octanol–water partition coefficient (Wildman–Crippen LogP) is 3.48. The monoisotopic (exact) mass is 260 g/mol. The number of halogens is 1. The van der Waals surface area contributed by atoms with E-state index < -0.39 is 17.6 Å². The van der Waals surface area contributed by atoms with Crippen LogP contribution in [0.4, 0.5) is 20.6 Å². The molecule has 0 atom stereocenters. The lowest BCUT2D eigenvalue weighted by Crippen LogP contribution is -2.20. The average Bonchev–Trinajstić information content (AvgIpc) is 2.38. The first-order valence-electron chi connectivity index (χ1n) is 5.69. The minimum atomic E-state index is -0.784. The van der Waals surface area contributed by atoms with Gasteiger partial charge in [-0.3, -0.25) is 0 Å². The van der Waals surface area contributed by atoms with Crippen LogP contribution in [0.25, 0.3) is 0 Å². The lowest BCUT2D eigenvalue weighted by molar-refractivity contribution is 0.262. The Bertz CT molecular complexity index is 614. The number of hydrogen-bond donors (Lipinski definition) is 3. The highest BCUT2D eigenvalue weighted by atomic mass is 19.1. The van der Waals surface area contributed by atoms with Crippen molar-refractivity contribution >= 4 is 17.4 Å². The molecule has 2 aromatic carbocycles. The van der Waals surface area contributed by atoms with Crippen LogP contribution in [0.15, 0.2) is 42.5 Å². The number of para-hydroxylation sites is 2. The number of aryl methyl sites for hydroxylation is 1. The van der Waals surface area contributed by atoms with Crippen molar-refractivity contribution in [3.8, 4) is 5.75 Å². The maximum Gasteiger partial charge on any atom is 0.323 e. The summed E-state index contributed by atoms with van der Waals surface area (Å²) < 4.78 is 13.1. The zero-order chi connectivity index (χ0) is 13.8. The SMILES string of the molecule is Cc1ccccc1NC(=O)Nc1cccc(F)c1O. The van der Waals surface area contributed by atoms with Crippen LogP contribution >= 0.6 is 0 Å². The first-order chi connectivity index (χ1) is 9.08. The van der Waals surface area contributed by atoms with Crippen molar-refractivity contribution in [1.82, 2.24) is 0 Å². The third-order valence-electron chi connectivity index (χ3n) is 2.63. The molecule has 0 heterocycles. The summed E-state index contributed by atoms with van der Waals surface area (Å²) in [5.41, 5.74) is 1.57. The molecule has 2 amide bonds. The molecular weight excluding hydrogens is 247 g/mol. The second-order valence-electron chi connectivity index (χ2n) is 4.03. The van der Waals surface area contributed by atoms with Crippen LogP contribution in [0.1, 0.15) is 5.56 Å². The number of rotatable bonds is 2. The number of phenolic OH excluding ortho intramolecular Hbond substituents is 1. The molecule has 2 rings (SSSR count). The van der Waals surface area contributed by atoms with Crippen molar-refractivity contribution in [2.24, 2.45) is 0 Å². The van der Waals surface area contributed by atoms with Gasteiger partial charge in [-0.05, 0) is 30.7 Å². The van der Waals surface area contributed by atoms with Crippen molar-refractivity contribution in [2.75, 3.05) is 10.6 Å². The van der Waals surface area contributed by atoms with Gasteiger partial charge in [0.2, 0.25) is 0 Å². The van der Waals surface area contributed by atoms with Crippen molar-refractivity contribution < 1.29 is 14.3 Å².